The third-order valence-electron chi connectivity index (χ3n) is 6.55. The first-order valence-corrected chi connectivity index (χ1v) is 11.2. The van der Waals surface area contributed by atoms with Crippen LogP contribution in [-0.4, -0.2) is 17.7 Å². The molecule has 3 amide bonds. The van der Waals surface area contributed by atoms with Gasteiger partial charge in [-0.2, -0.15) is 0 Å². The molecule has 2 heterocycles. The number of ether oxygens (including phenoxy) is 1. The molecular weight excluding hydrogens is 438 g/mol. The number of benzene rings is 3. The van der Waals surface area contributed by atoms with Crippen molar-refractivity contribution in [2.75, 3.05) is 10.2 Å². The van der Waals surface area contributed by atoms with Crippen LogP contribution in [0.4, 0.5) is 16.2 Å². The Kier molecular flexibility index (Phi) is 5.05. The standard InChI is InChI=1S/C26H24ClN3O3/c1-15-8-13-19(14-16(15)2)30-25(32)29-23-20-6-4-5-7-21(20)33-26(30,3)22(23)24(31)28-18-11-9-17(27)10-12-18/h4-14,22-23H,1-3H3,(H,28,31)(H,29,32)/t22-,23+,26+/m1/s1. The first-order valence-electron chi connectivity index (χ1n) is 10.8. The molecular formula is C26H24ClN3O3. The third kappa shape index (κ3) is 3.51. The van der Waals surface area contributed by atoms with Crippen molar-refractivity contribution in [3.05, 3.63) is 88.4 Å². The second-order valence-corrected chi connectivity index (χ2v) is 9.14. The van der Waals surface area contributed by atoms with Gasteiger partial charge in [-0.15, -0.1) is 0 Å². The lowest BCUT2D eigenvalue weighted by Gasteiger charge is -2.54. The first-order chi connectivity index (χ1) is 15.8. The Labute approximate surface area is 197 Å². The van der Waals surface area contributed by atoms with Gasteiger partial charge in [0, 0.05) is 22.0 Å². The highest BCUT2D eigenvalue weighted by Gasteiger charge is 2.60. The third-order valence-corrected chi connectivity index (χ3v) is 6.80. The highest BCUT2D eigenvalue weighted by molar-refractivity contribution is 6.30. The SMILES string of the molecule is Cc1ccc(N2C(=O)N[C@H]3c4ccccc4O[C@@]2(C)[C@H]3C(=O)Nc2ccc(Cl)cc2)cc1C. The number of hydrogen-bond acceptors (Lipinski definition) is 3. The minimum Gasteiger partial charge on any atom is -0.466 e. The molecule has 7 heteroatoms. The molecule has 2 aliphatic rings. The second kappa shape index (κ2) is 7.81. The van der Waals surface area contributed by atoms with Crippen molar-refractivity contribution in [1.82, 2.24) is 5.32 Å². The maximum absolute atomic E-state index is 13.7. The largest absolute Gasteiger partial charge is 0.466 e. The molecule has 6 nitrogen and oxygen atoms in total. The van der Waals surface area contributed by atoms with E-state index in [-0.39, 0.29) is 11.9 Å². The van der Waals surface area contributed by atoms with E-state index in [4.69, 9.17) is 16.3 Å². The fraction of sp³-hybridized carbons (Fsp3) is 0.231. The number of nitrogens with one attached hydrogen (secondary N) is 2. The monoisotopic (exact) mass is 461 g/mol. The smallest absolute Gasteiger partial charge is 0.325 e. The Bertz CT molecular complexity index is 1260. The van der Waals surface area contributed by atoms with Crippen LogP contribution in [0.25, 0.3) is 0 Å². The summed E-state index contributed by atoms with van der Waals surface area (Å²) in [5.74, 6) is -0.329. The van der Waals surface area contributed by atoms with Crippen LogP contribution < -0.4 is 20.3 Å². The molecule has 1 fully saturated rings. The molecule has 168 valence electrons. The van der Waals surface area contributed by atoms with Crippen LogP contribution in [0.2, 0.25) is 5.02 Å². The molecule has 3 aromatic carbocycles. The molecule has 0 aliphatic carbocycles. The minimum atomic E-state index is -1.25. The number of para-hydroxylation sites is 1. The number of halogens is 1. The molecule has 33 heavy (non-hydrogen) atoms. The van der Waals surface area contributed by atoms with Gasteiger partial charge in [0.2, 0.25) is 11.6 Å². The molecule has 3 aromatic rings. The van der Waals surface area contributed by atoms with E-state index in [1.165, 1.54) is 0 Å². The predicted octanol–water partition coefficient (Wildman–Crippen LogP) is 5.59. The van der Waals surface area contributed by atoms with E-state index in [0.29, 0.717) is 22.1 Å². The van der Waals surface area contributed by atoms with Gasteiger partial charge in [0.1, 0.15) is 11.7 Å². The Morgan fingerprint density at radius 1 is 1.06 bits per heavy atom. The van der Waals surface area contributed by atoms with Crippen LogP contribution in [0.1, 0.15) is 29.7 Å². The van der Waals surface area contributed by atoms with Gasteiger partial charge in [0.05, 0.1) is 6.04 Å². The van der Waals surface area contributed by atoms with Crippen LogP contribution >= 0.6 is 11.6 Å². The lowest BCUT2D eigenvalue weighted by molar-refractivity contribution is -0.131. The maximum atomic E-state index is 13.7. The summed E-state index contributed by atoms with van der Waals surface area (Å²) < 4.78 is 6.47. The number of urea groups is 1. The van der Waals surface area contributed by atoms with Crippen LogP contribution in [-0.2, 0) is 4.79 Å². The Morgan fingerprint density at radius 3 is 2.52 bits per heavy atom. The summed E-state index contributed by atoms with van der Waals surface area (Å²) in [4.78, 5) is 28.6. The van der Waals surface area contributed by atoms with E-state index in [0.717, 1.165) is 16.7 Å². The van der Waals surface area contributed by atoms with Gasteiger partial charge in [-0.25, -0.2) is 4.79 Å². The average molecular weight is 462 g/mol. The number of aryl methyl sites for hydroxylation is 2. The summed E-state index contributed by atoms with van der Waals surface area (Å²) in [6.07, 6.45) is 0. The zero-order valence-electron chi connectivity index (χ0n) is 18.6. The first kappa shape index (κ1) is 21.3. The molecule has 0 aromatic heterocycles. The molecule has 0 spiro atoms. The molecule has 0 saturated carbocycles. The summed E-state index contributed by atoms with van der Waals surface area (Å²) in [7, 11) is 0. The minimum absolute atomic E-state index is 0.256. The van der Waals surface area contributed by atoms with Crippen LogP contribution in [0.5, 0.6) is 5.75 Å². The Hall–Kier alpha value is -3.51. The highest BCUT2D eigenvalue weighted by Crippen LogP contribution is 2.49. The quantitative estimate of drug-likeness (QED) is 0.534. The Morgan fingerprint density at radius 2 is 1.79 bits per heavy atom. The van der Waals surface area contributed by atoms with Crippen molar-refractivity contribution in [3.63, 3.8) is 0 Å². The molecule has 3 atom stereocenters. The van der Waals surface area contributed by atoms with E-state index < -0.39 is 17.7 Å². The van der Waals surface area contributed by atoms with Crippen molar-refractivity contribution in [2.45, 2.75) is 32.5 Å². The molecule has 2 N–H and O–H groups in total. The number of carbonyl (C=O) groups excluding carboxylic acids is 2. The number of nitrogens with zero attached hydrogens (tertiary/aromatic N) is 1. The number of rotatable bonds is 3. The van der Waals surface area contributed by atoms with Crippen molar-refractivity contribution in [1.29, 1.82) is 0 Å². The van der Waals surface area contributed by atoms with E-state index in [1.807, 2.05) is 56.3 Å². The van der Waals surface area contributed by atoms with Crippen LogP contribution in [0.3, 0.4) is 0 Å². The van der Waals surface area contributed by atoms with Gasteiger partial charge < -0.3 is 15.4 Å². The molecule has 1 saturated heterocycles. The van der Waals surface area contributed by atoms with Gasteiger partial charge in [0.25, 0.3) is 0 Å². The molecule has 0 unspecified atom stereocenters. The van der Waals surface area contributed by atoms with Crippen LogP contribution in [0.15, 0.2) is 66.7 Å². The number of fused-ring (bicyclic) bond motifs is 4. The van der Waals surface area contributed by atoms with Crippen molar-refractivity contribution >= 4 is 34.9 Å². The van der Waals surface area contributed by atoms with Gasteiger partial charge >= 0.3 is 6.03 Å². The molecule has 2 bridgehead atoms. The van der Waals surface area contributed by atoms with Crippen molar-refractivity contribution < 1.29 is 14.3 Å². The average Bonchev–Trinajstić information content (AvgIpc) is 2.77. The van der Waals surface area contributed by atoms with Gasteiger partial charge in [-0.1, -0.05) is 35.9 Å². The fourth-order valence-electron chi connectivity index (χ4n) is 4.74. The normalized spacial score (nSPS) is 23.3. The van der Waals surface area contributed by atoms with Crippen LogP contribution in [0, 0.1) is 19.8 Å². The van der Waals surface area contributed by atoms with Crippen molar-refractivity contribution in [2.24, 2.45) is 5.92 Å². The lowest BCUT2D eigenvalue weighted by Crippen LogP contribution is -2.72. The topological polar surface area (TPSA) is 70.7 Å². The highest BCUT2D eigenvalue weighted by atomic mass is 35.5. The van der Waals surface area contributed by atoms with E-state index in [1.54, 1.807) is 36.1 Å². The molecule has 0 radical (unpaired) electrons. The van der Waals surface area contributed by atoms with E-state index >= 15 is 0 Å². The van der Waals surface area contributed by atoms with E-state index in [2.05, 4.69) is 10.6 Å². The molecule has 2 aliphatic heterocycles. The fourth-order valence-corrected chi connectivity index (χ4v) is 4.86. The summed E-state index contributed by atoms with van der Waals surface area (Å²) >= 11 is 5.99. The summed E-state index contributed by atoms with van der Waals surface area (Å²) in [5.41, 5.74) is 2.98. The number of hydrogen-bond donors (Lipinski definition) is 2. The van der Waals surface area contributed by atoms with Gasteiger partial charge in [0.15, 0.2) is 0 Å². The number of anilines is 2. The number of amides is 3. The summed E-state index contributed by atoms with van der Waals surface area (Å²) in [6, 6.07) is 19.4. The summed E-state index contributed by atoms with van der Waals surface area (Å²) in [5, 5.41) is 6.62. The molecule has 5 rings (SSSR count). The van der Waals surface area contributed by atoms with Gasteiger partial charge in [-0.05, 0) is 74.4 Å². The Balaban J connectivity index is 1.61. The van der Waals surface area contributed by atoms with E-state index in [9.17, 15) is 9.59 Å². The van der Waals surface area contributed by atoms with Gasteiger partial charge in [-0.3, -0.25) is 9.69 Å². The van der Waals surface area contributed by atoms with Crippen molar-refractivity contribution in [3.8, 4) is 5.75 Å². The number of carbonyl (C=O) groups is 2. The summed E-state index contributed by atoms with van der Waals surface area (Å²) in [6.45, 7) is 5.81. The zero-order valence-corrected chi connectivity index (χ0v) is 19.3. The predicted molar refractivity (Wildman–Crippen MR) is 129 cm³/mol. The maximum Gasteiger partial charge on any atom is 0.325 e. The lowest BCUT2D eigenvalue weighted by atomic mass is 9.78. The second-order valence-electron chi connectivity index (χ2n) is 8.70. The zero-order chi connectivity index (χ0) is 23.3.